The Hall–Kier alpha value is -3.24. The third kappa shape index (κ3) is 11.9. The van der Waals surface area contributed by atoms with Gasteiger partial charge in [-0.15, -0.1) is 0 Å². The van der Waals surface area contributed by atoms with Gasteiger partial charge < -0.3 is 34.3 Å². The van der Waals surface area contributed by atoms with Gasteiger partial charge in [0.05, 0.1) is 19.5 Å². The highest BCUT2D eigenvalue weighted by molar-refractivity contribution is 7.63. The van der Waals surface area contributed by atoms with Crippen molar-refractivity contribution in [3.63, 3.8) is 0 Å². The zero-order valence-electron chi connectivity index (χ0n) is 31.8. The number of phosphoric acid groups is 1. The van der Waals surface area contributed by atoms with Gasteiger partial charge in [0.2, 0.25) is 5.28 Å². The number of nitrogen functional groups attached to an aromatic ring is 1. The fourth-order valence-electron chi connectivity index (χ4n) is 5.52. The van der Waals surface area contributed by atoms with Gasteiger partial charge in [0.25, 0.3) is 7.82 Å². The number of phosphoric ester groups is 1. The van der Waals surface area contributed by atoms with Crippen LogP contribution in [0.3, 0.4) is 0 Å². The molecule has 20 heteroatoms. The Morgan fingerprint density at radius 2 is 1.78 bits per heavy atom. The number of benzene rings is 2. The summed E-state index contributed by atoms with van der Waals surface area (Å²) in [5.41, 5.74) is 5.50. The SMILES string of the molecule is CCC(CC)CC.C[C@H](NP(=O)(Oc1cccc2ccccc12)OP(=O)([O-])OC[C@H]1O[C@@H](n2cnc3c(N)nc(Cl)nc32)[C@H](F)C1O)C(=O)OCC(C)(C)C. The number of ether oxygens (including phenoxy) is 2. The van der Waals surface area contributed by atoms with Gasteiger partial charge in [0.15, 0.2) is 23.9 Å². The van der Waals surface area contributed by atoms with Crippen molar-refractivity contribution in [3.05, 3.63) is 54.1 Å². The average molecular weight is 830 g/mol. The molecule has 3 heterocycles. The fourth-order valence-corrected chi connectivity index (χ4v) is 8.64. The van der Waals surface area contributed by atoms with Crippen molar-refractivity contribution < 1.29 is 51.1 Å². The summed E-state index contributed by atoms with van der Waals surface area (Å²) in [5.74, 6) is 0.0105. The van der Waals surface area contributed by atoms with Crippen LogP contribution in [0.2, 0.25) is 5.28 Å². The number of rotatable bonds is 15. The molecule has 4 aromatic rings. The van der Waals surface area contributed by atoms with E-state index in [-0.39, 0.29) is 34.6 Å². The van der Waals surface area contributed by atoms with Gasteiger partial charge in [-0.05, 0) is 41.3 Å². The smallest absolute Gasteiger partial charge is 0.465 e. The zero-order chi connectivity index (χ0) is 40.7. The first-order valence-corrected chi connectivity index (χ1v) is 21.2. The molecule has 16 nitrogen and oxygen atoms in total. The lowest BCUT2D eigenvalue weighted by Gasteiger charge is -2.30. The molecule has 0 radical (unpaired) electrons. The normalized spacial score (nSPS) is 21.5. The topological polar surface area (TPSA) is 222 Å². The number of imidazole rings is 1. The van der Waals surface area contributed by atoms with Crippen LogP contribution in [0.5, 0.6) is 5.75 Å². The number of halogens is 2. The van der Waals surface area contributed by atoms with E-state index in [1.807, 2.05) is 20.8 Å². The van der Waals surface area contributed by atoms with Crippen LogP contribution in [-0.2, 0) is 32.2 Å². The standard InChI is InChI=1S/C28H34ClFN6O10P2.C7H16/c1-15(26(38)42-13-28(2,3)4)35-47(39,45-18-11-7-9-16-8-5-6-10-17(16)18)46-48(40,41)43-12-19-22(37)20(30)25(44-19)36-14-32-21-23(31)33-27(29)34-24(21)36;1-4-7(5-2)6-3/h5-11,14-15,19-20,22,25,37H,12-13H2,1-4H3,(H,35,39)(H,40,41)(H2,31,33,34);7H,4-6H2,1-3H3/p-1/t15-,19+,20+,22?,25+,47?;/m0./s1. The second kappa shape index (κ2) is 18.8. The number of carbonyl (C=O) groups excluding carboxylic acids is 1. The number of alkyl halides is 1. The van der Waals surface area contributed by atoms with E-state index >= 15 is 4.39 Å². The zero-order valence-corrected chi connectivity index (χ0v) is 34.3. The van der Waals surface area contributed by atoms with Gasteiger partial charge in [-0.25, -0.2) is 18.3 Å². The molecular weight excluding hydrogens is 781 g/mol. The summed E-state index contributed by atoms with van der Waals surface area (Å²) in [6, 6.07) is 10.2. The molecule has 55 heavy (non-hydrogen) atoms. The minimum atomic E-state index is -5.61. The van der Waals surface area contributed by atoms with Crippen LogP contribution >= 0.6 is 27.2 Å². The van der Waals surface area contributed by atoms with Crippen molar-refractivity contribution in [1.29, 1.82) is 0 Å². The van der Waals surface area contributed by atoms with E-state index in [0.717, 1.165) is 16.8 Å². The molecule has 1 aliphatic rings. The van der Waals surface area contributed by atoms with Gasteiger partial charge in [0, 0.05) is 5.39 Å². The number of hydrogen-bond donors (Lipinski definition) is 3. The Morgan fingerprint density at radius 1 is 1.13 bits per heavy atom. The van der Waals surface area contributed by atoms with Crippen molar-refractivity contribution in [2.75, 3.05) is 18.9 Å². The second-order valence-electron chi connectivity index (χ2n) is 14.2. The van der Waals surface area contributed by atoms with Crippen LogP contribution in [0, 0.1) is 11.3 Å². The van der Waals surface area contributed by atoms with E-state index in [1.165, 1.54) is 32.3 Å². The molecule has 4 N–H and O–H groups in total. The van der Waals surface area contributed by atoms with Gasteiger partial charge in [-0.1, -0.05) is 97.2 Å². The quantitative estimate of drug-likeness (QED) is 0.0630. The minimum Gasteiger partial charge on any atom is -0.756 e. The highest BCUT2D eigenvalue weighted by Crippen LogP contribution is 2.59. The molecule has 7 atom stereocenters. The van der Waals surface area contributed by atoms with Crippen LogP contribution in [0.1, 0.15) is 74.0 Å². The van der Waals surface area contributed by atoms with E-state index < -0.39 is 64.2 Å². The maximum absolute atomic E-state index is 15.3. The van der Waals surface area contributed by atoms with E-state index in [1.54, 1.807) is 36.4 Å². The van der Waals surface area contributed by atoms with Crippen molar-refractivity contribution in [3.8, 4) is 5.75 Å². The second-order valence-corrected chi connectivity index (χ2v) is 17.8. The van der Waals surface area contributed by atoms with Crippen LogP contribution in [-0.4, -0.2) is 68.2 Å². The molecule has 0 amide bonds. The molecule has 5 rings (SSSR count). The average Bonchev–Trinajstić information content (AvgIpc) is 3.66. The molecule has 0 bridgehead atoms. The number of fused-ring (bicyclic) bond motifs is 2. The maximum atomic E-state index is 15.3. The van der Waals surface area contributed by atoms with Crippen LogP contribution in [0.15, 0.2) is 48.8 Å². The van der Waals surface area contributed by atoms with E-state index in [9.17, 15) is 23.9 Å². The number of aliphatic hydroxyl groups is 1. The molecule has 3 unspecified atom stereocenters. The Labute approximate surface area is 324 Å². The van der Waals surface area contributed by atoms with Crippen LogP contribution in [0.4, 0.5) is 10.2 Å². The first-order valence-electron chi connectivity index (χ1n) is 17.8. The lowest BCUT2D eigenvalue weighted by atomic mass is 9.99. The molecule has 1 fully saturated rings. The molecule has 1 saturated heterocycles. The monoisotopic (exact) mass is 829 g/mol. The minimum absolute atomic E-state index is 0.000470. The Morgan fingerprint density at radius 3 is 2.42 bits per heavy atom. The lowest BCUT2D eigenvalue weighted by molar-refractivity contribution is -0.220. The third-order valence-electron chi connectivity index (χ3n) is 8.65. The predicted octanol–water partition coefficient (Wildman–Crippen LogP) is 6.90. The summed E-state index contributed by atoms with van der Waals surface area (Å²) in [4.78, 5) is 37.6. The predicted molar refractivity (Wildman–Crippen MR) is 204 cm³/mol. The lowest BCUT2D eigenvalue weighted by Crippen LogP contribution is -2.36. The summed E-state index contributed by atoms with van der Waals surface area (Å²) in [6.07, 6.45) is -1.91. The number of hydrogen-bond acceptors (Lipinski definition) is 14. The number of nitrogens with zero attached hydrogens (tertiary/aromatic N) is 4. The number of aromatic nitrogens is 4. The summed E-state index contributed by atoms with van der Waals surface area (Å²) >= 11 is 5.88. The number of nitrogens with two attached hydrogens (primary N) is 1. The van der Waals surface area contributed by atoms with Crippen LogP contribution < -0.4 is 20.2 Å². The summed E-state index contributed by atoms with van der Waals surface area (Å²) in [5, 5.41) is 13.7. The summed E-state index contributed by atoms with van der Waals surface area (Å²) < 4.78 is 69.8. The number of carbonyl (C=O) groups is 1. The molecule has 0 aliphatic carbocycles. The largest absolute Gasteiger partial charge is 0.756 e. The van der Waals surface area contributed by atoms with Gasteiger partial charge >= 0.3 is 13.7 Å². The molecule has 2 aromatic heterocycles. The first kappa shape index (κ1) is 44.5. The fraction of sp³-hybridized carbons (Fsp3) is 0.543. The van der Waals surface area contributed by atoms with Crippen molar-refractivity contribution >= 4 is 60.9 Å². The molecular formula is C35H49ClFN6O10P2-. The van der Waals surface area contributed by atoms with Gasteiger partial charge in [-0.2, -0.15) is 15.1 Å². The Balaban J connectivity index is 0.000000876. The number of aliphatic hydroxyl groups excluding tert-OH is 1. The number of nitrogens with one attached hydrogen (secondary N) is 1. The Kier molecular flexibility index (Phi) is 15.2. The van der Waals surface area contributed by atoms with Crippen molar-refractivity contribution in [2.45, 2.75) is 98.4 Å². The van der Waals surface area contributed by atoms with Crippen molar-refractivity contribution in [1.82, 2.24) is 24.6 Å². The highest BCUT2D eigenvalue weighted by Gasteiger charge is 2.47. The molecule has 1 aliphatic heterocycles. The molecule has 0 saturated carbocycles. The third-order valence-corrected chi connectivity index (χ3v) is 12.1. The molecule has 0 spiro atoms. The number of anilines is 1. The molecule has 2 aromatic carbocycles. The number of esters is 1. The van der Waals surface area contributed by atoms with Crippen LogP contribution in [0.25, 0.3) is 21.9 Å². The first-order chi connectivity index (χ1) is 25.8. The van der Waals surface area contributed by atoms with Crippen molar-refractivity contribution in [2.24, 2.45) is 11.3 Å². The van der Waals surface area contributed by atoms with E-state index in [4.69, 9.17) is 40.2 Å². The van der Waals surface area contributed by atoms with E-state index in [0.29, 0.717) is 10.8 Å². The van der Waals surface area contributed by atoms with Gasteiger partial charge in [0.1, 0.15) is 29.5 Å². The van der Waals surface area contributed by atoms with E-state index in [2.05, 4.69) is 40.8 Å². The maximum Gasteiger partial charge on any atom is 0.465 e. The summed E-state index contributed by atoms with van der Waals surface area (Å²) in [7, 11) is -10.6. The summed E-state index contributed by atoms with van der Waals surface area (Å²) in [6.45, 7) is 12.6. The molecule has 304 valence electrons. The Bertz CT molecular complexity index is 2000. The van der Waals surface area contributed by atoms with Gasteiger partial charge in [-0.3, -0.25) is 13.9 Å². The highest BCUT2D eigenvalue weighted by atomic mass is 35.5.